The third-order valence-corrected chi connectivity index (χ3v) is 9.49. The normalized spacial score (nSPS) is 11.7. The zero-order chi connectivity index (χ0) is 34.0. The van der Waals surface area contributed by atoms with Crippen molar-refractivity contribution in [3.63, 3.8) is 0 Å². The molecule has 0 bridgehead atoms. The largest absolute Gasteiger partial charge is 0.506 e. The third kappa shape index (κ3) is 5.38. The molecule has 0 saturated heterocycles. The first-order valence-electron chi connectivity index (χ1n) is 16.8. The molecule has 0 saturated carbocycles. The van der Waals surface area contributed by atoms with E-state index >= 15 is 0 Å². The Morgan fingerprint density at radius 1 is 0.647 bits per heavy atom. The van der Waals surface area contributed by atoms with Gasteiger partial charge in [0.15, 0.2) is 0 Å². The fraction of sp³-hybridized carbons (Fsp3) is 0.0909. The topological polar surface area (TPSA) is 60.3 Å². The Morgan fingerprint density at radius 2 is 1.37 bits per heavy atom. The average molecular weight is 844 g/mol. The van der Waals surface area contributed by atoms with E-state index in [1.807, 2.05) is 53.1 Å². The molecule has 0 atom stereocenters. The summed E-state index contributed by atoms with van der Waals surface area (Å²) < 4.78 is 6.39. The van der Waals surface area contributed by atoms with Gasteiger partial charge < -0.3 is 9.67 Å². The van der Waals surface area contributed by atoms with Crippen molar-refractivity contribution in [1.29, 1.82) is 0 Å². The number of aromatic hydroxyl groups is 1. The van der Waals surface area contributed by atoms with E-state index in [0.29, 0.717) is 5.69 Å². The van der Waals surface area contributed by atoms with Gasteiger partial charge in [-0.15, -0.1) is 35.9 Å². The first-order chi connectivity index (χ1) is 24.4. The Morgan fingerprint density at radius 3 is 2.14 bits per heavy atom. The van der Waals surface area contributed by atoms with Crippen molar-refractivity contribution in [2.75, 3.05) is 0 Å². The minimum Gasteiger partial charge on any atom is -0.506 e. The minimum absolute atomic E-state index is 0. The predicted molar refractivity (Wildman–Crippen MR) is 202 cm³/mol. The average Bonchev–Trinajstić information content (AvgIpc) is 3.84. The van der Waals surface area contributed by atoms with Crippen LogP contribution in [-0.2, 0) is 26.5 Å². The SMILES string of the molecule is CC(C)(C)c1ccc(-n2cc(-c3cccc4c3nc3n(-c5ccccc5O)c5ccccc5n43)nc2-c2[c-]cccc2)c(-c2ccccc2)c1.[Pt]. The van der Waals surface area contributed by atoms with Gasteiger partial charge in [0.2, 0.25) is 5.78 Å². The molecule has 3 aromatic heterocycles. The molecule has 1 N–H and O–H groups in total. The van der Waals surface area contributed by atoms with Gasteiger partial charge in [-0.1, -0.05) is 93.6 Å². The molecule has 0 amide bonds. The maximum atomic E-state index is 11.0. The molecule has 0 aliphatic rings. The summed E-state index contributed by atoms with van der Waals surface area (Å²) in [5.41, 5.74) is 11.6. The summed E-state index contributed by atoms with van der Waals surface area (Å²) in [4.78, 5) is 10.6. The van der Waals surface area contributed by atoms with E-state index in [-0.39, 0.29) is 32.2 Å². The fourth-order valence-corrected chi connectivity index (χ4v) is 7.00. The number of fused-ring (bicyclic) bond motifs is 5. The molecular formula is C44H34N5OPt-. The van der Waals surface area contributed by atoms with Crippen molar-refractivity contribution in [3.8, 4) is 50.9 Å². The molecule has 7 heteroatoms. The van der Waals surface area contributed by atoms with Crippen LogP contribution >= 0.6 is 0 Å². The molecule has 252 valence electrons. The number of para-hydroxylation sites is 5. The molecule has 0 aliphatic carbocycles. The van der Waals surface area contributed by atoms with Crippen LogP contribution in [0.5, 0.6) is 5.75 Å². The van der Waals surface area contributed by atoms with Gasteiger partial charge in [-0.3, -0.25) is 14.0 Å². The first-order valence-corrected chi connectivity index (χ1v) is 16.8. The van der Waals surface area contributed by atoms with E-state index in [1.54, 1.807) is 6.07 Å². The van der Waals surface area contributed by atoms with Gasteiger partial charge in [0, 0.05) is 44.1 Å². The maximum Gasteiger partial charge on any atom is 0.220 e. The van der Waals surface area contributed by atoms with E-state index < -0.39 is 0 Å². The number of phenols is 1. The molecule has 9 rings (SSSR count). The number of rotatable bonds is 5. The van der Waals surface area contributed by atoms with Gasteiger partial charge in [0.05, 0.1) is 33.8 Å². The number of nitrogens with zero attached hydrogens (tertiary/aromatic N) is 5. The Hall–Kier alpha value is -5.71. The molecular weight excluding hydrogens is 810 g/mol. The Bertz CT molecular complexity index is 2700. The quantitative estimate of drug-likeness (QED) is 0.176. The number of imidazole rings is 3. The molecule has 0 unspecified atom stereocenters. The molecule has 9 aromatic rings. The monoisotopic (exact) mass is 843 g/mol. The van der Waals surface area contributed by atoms with Crippen LogP contribution in [0.2, 0.25) is 0 Å². The fourth-order valence-electron chi connectivity index (χ4n) is 7.00. The van der Waals surface area contributed by atoms with Crippen molar-refractivity contribution >= 4 is 27.8 Å². The summed E-state index contributed by atoms with van der Waals surface area (Å²) in [7, 11) is 0. The minimum atomic E-state index is -0.0155. The van der Waals surface area contributed by atoms with Gasteiger partial charge >= 0.3 is 0 Å². The van der Waals surface area contributed by atoms with Crippen molar-refractivity contribution in [1.82, 2.24) is 23.5 Å². The van der Waals surface area contributed by atoms with Crippen LogP contribution in [0.25, 0.3) is 73.0 Å². The standard InChI is InChI=1S/C44H34N5O.Pt/c1-44(2,3)31-25-26-35(33(27-31)29-15-6-4-7-16-29)47-28-34(45-42(47)30-17-8-5-9-18-30)32-19-14-23-39-41(32)46-43-48(38-22-12-13-24-40(38)50)36-20-10-11-21-37(36)49(39)43;/h4-17,19-28,50H,1-3H3;/q-1;. The zero-order valence-electron chi connectivity index (χ0n) is 28.4. The van der Waals surface area contributed by atoms with Crippen LogP contribution in [0, 0.1) is 6.07 Å². The van der Waals surface area contributed by atoms with E-state index in [2.05, 4.69) is 127 Å². The summed E-state index contributed by atoms with van der Waals surface area (Å²) >= 11 is 0. The maximum absolute atomic E-state index is 11.0. The van der Waals surface area contributed by atoms with Crippen molar-refractivity contribution < 1.29 is 26.2 Å². The van der Waals surface area contributed by atoms with E-state index in [1.165, 1.54) is 5.56 Å². The van der Waals surface area contributed by atoms with Gasteiger partial charge in [-0.2, -0.15) is 0 Å². The Balaban J connectivity index is 0.00000374. The van der Waals surface area contributed by atoms with Crippen LogP contribution in [-0.4, -0.2) is 28.6 Å². The number of phenolic OH excluding ortho intramolecular Hbond substituents is 1. The molecule has 6 nitrogen and oxygen atoms in total. The van der Waals surface area contributed by atoms with Gasteiger partial charge in [0.1, 0.15) is 11.3 Å². The third-order valence-electron chi connectivity index (χ3n) is 9.49. The second kappa shape index (κ2) is 12.6. The molecule has 0 fully saturated rings. The Kier molecular flexibility index (Phi) is 8.00. The van der Waals surface area contributed by atoms with Crippen molar-refractivity contribution in [3.05, 3.63) is 157 Å². The second-order valence-electron chi connectivity index (χ2n) is 13.7. The summed E-state index contributed by atoms with van der Waals surface area (Å²) in [5.74, 6) is 1.71. The molecule has 6 aromatic carbocycles. The molecule has 0 radical (unpaired) electrons. The number of benzene rings is 6. The molecule has 0 spiro atoms. The molecule has 0 aliphatic heterocycles. The predicted octanol–water partition coefficient (Wildman–Crippen LogP) is 10.4. The summed E-state index contributed by atoms with van der Waals surface area (Å²) in [6.07, 6.45) is 2.13. The van der Waals surface area contributed by atoms with Gasteiger partial charge in [0.25, 0.3) is 0 Å². The zero-order valence-corrected chi connectivity index (χ0v) is 30.6. The first kappa shape index (κ1) is 32.5. The second-order valence-corrected chi connectivity index (χ2v) is 13.7. The van der Waals surface area contributed by atoms with Gasteiger partial charge in [-0.25, -0.2) is 4.98 Å². The van der Waals surface area contributed by atoms with E-state index in [4.69, 9.17) is 9.97 Å². The van der Waals surface area contributed by atoms with Crippen LogP contribution in [0.4, 0.5) is 0 Å². The van der Waals surface area contributed by atoms with E-state index in [9.17, 15) is 5.11 Å². The van der Waals surface area contributed by atoms with E-state index in [0.717, 1.165) is 67.3 Å². The van der Waals surface area contributed by atoms with Crippen molar-refractivity contribution in [2.45, 2.75) is 26.2 Å². The number of hydrogen-bond donors (Lipinski definition) is 1. The summed E-state index contributed by atoms with van der Waals surface area (Å²) in [6.45, 7) is 6.74. The molecule has 3 heterocycles. The van der Waals surface area contributed by atoms with Crippen LogP contribution in [0.3, 0.4) is 0 Å². The van der Waals surface area contributed by atoms with Gasteiger partial charge in [-0.05, 0) is 59.0 Å². The molecule has 51 heavy (non-hydrogen) atoms. The number of hydrogen-bond acceptors (Lipinski definition) is 3. The van der Waals surface area contributed by atoms with Crippen LogP contribution in [0.1, 0.15) is 26.3 Å². The van der Waals surface area contributed by atoms with Crippen molar-refractivity contribution in [2.24, 2.45) is 0 Å². The Labute approximate surface area is 310 Å². The summed E-state index contributed by atoms with van der Waals surface area (Å²) in [5, 5.41) is 11.0. The smallest absolute Gasteiger partial charge is 0.220 e. The van der Waals surface area contributed by atoms with Crippen LogP contribution in [0.15, 0.2) is 146 Å². The number of aromatic nitrogens is 5. The van der Waals surface area contributed by atoms with Crippen LogP contribution < -0.4 is 0 Å². The summed E-state index contributed by atoms with van der Waals surface area (Å²) in [6, 6.07) is 50.6.